The van der Waals surface area contributed by atoms with E-state index in [0.717, 1.165) is 24.1 Å². The van der Waals surface area contributed by atoms with E-state index in [1.165, 1.54) is 6.42 Å². The number of carbonyl (C=O) groups is 1. The minimum atomic E-state index is 0.236. The molecule has 0 saturated heterocycles. The first kappa shape index (κ1) is 12.9. The number of nitrogens with two attached hydrogens (primary N) is 1. The van der Waals surface area contributed by atoms with Gasteiger partial charge in [-0.25, -0.2) is 0 Å². The number of rotatable bonds is 4. The molecule has 0 atom stereocenters. The zero-order chi connectivity index (χ0) is 13.1. The molecule has 1 amide bonds. The van der Waals surface area contributed by atoms with Crippen LogP contribution < -0.4 is 5.73 Å². The lowest BCUT2D eigenvalue weighted by Crippen LogP contribution is -2.48. The van der Waals surface area contributed by atoms with Crippen molar-refractivity contribution in [3.63, 3.8) is 0 Å². The summed E-state index contributed by atoms with van der Waals surface area (Å²) in [7, 11) is 0. The highest BCUT2D eigenvalue weighted by molar-refractivity contribution is 5.79. The Kier molecular flexibility index (Phi) is 3.90. The van der Waals surface area contributed by atoms with Crippen LogP contribution in [0.1, 0.15) is 38.7 Å². The third kappa shape index (κ3) is 2.84. The summed E-state index contributed by atoms with van der Waals surface area (Å²) in [6.45, 7) is 4.19. The average molecular weight is 246 g/mol. The van der Waals surface area contributed by atoms with Crippen LogP contribution in [0.4, 0.5) is 5.69 Å². The molecule has 1 aromatic rings. The van der Waals surface area contributed by atoms with E-state index in [2.05, 4.69) is 18.7 Å². The highest BCUT2D eigenvalue weighted by Gasteiger charge is 2.30. The number of anilines is 1. The van der Waals surface area contributed by atoms with Gasteiger partial charge in [-0.15, -0.1) is 0 Å². The zero-order valence-electron chi connectivity index (χ0n) is 11.2. The summed E-state index contributed by atoms with van der Waals surface area (Å²) in [5, 5.41) is 0. The second-order valence-corrected chi connectivity index (χ2v) is 5.40. The van der Waals surface area contributed by atoms with Gasteiger partial charge in [0.05, 0.1) is 6.42 Å². The number of nitrogen functional groups attached to an aromatic ring is 1. The fourth-order valence-electron chi connectivity index (χ4n) is 2.48. The maximum absolute atomic E-state index is 12.4. The molecule has 3 heteroatoms. The van der Waals surface area contributed by atoms with E-state index in [1.807, 2.05) is 24.3 Å². The fourth-order valence-corrected chi connectivity index (χ4v) is 2.48. The summed E-state index contributed by atoms with van der Waals surface area (Å²) in [5.41, 5.74) is 7.43. The first-order valence-electron chi connectivity index (χ1n) is 6.73. The Labute approximate surface area is 109 Å². The van der Waals surface area contributed by atoms with Crippen molar-refractivity contribution in [2.45, 2.75) is 51.6 Å². The summed E-state index contributed by atoms with van der Waals surface area (Å²) < 4.78 is 0. The van der Waals surface area contributed by atoms with Gasteiger partial charge in [0.25, 0.3) is 0 Å². The van der Waals surface area contributed by atoms with Gasteiger partial charge in [0.1, 0.15) is 0 Å². The van der Waals surface area contributed by atoms with E-state index >= 15 is 0 Å². The first-order chi connectivity index (χ1) is 8.58. The van der Waals surface area contributed by atoms with Gasteiger partial charge in [-0.05, 0) is 50.8 Å². The smallest absolute Gasteiger partial charge is 0.227 e. The van der Waals surface area contributed by atoms with Gasteiger partial charge in [-0.3, -0.25) is 4.79 Å². The molecular formula is C15H22N2O. The van der Waals surface area contributed by atoms with Crippen LogP contribution in [0.2, 0.25) is 0 Å². The highest BCUT2D eigenvalue weighted by Crippen LogP contribution is 2.27. The van der Waals surface area contributed by atoms with Gasteiger partial charge in [0.15, 0.2) is 0 Å². The molecule has 0 bridgehead atoms. The zero-order valence-corrected chi connectivity index (χ0v) is 11.2. The largest absolute Gasteiger partial charge is 0.399 e. The maximum atomic E-state index is 12.4. The van der Waals surface area contributed by atoms with E-state index < -0.39 is 0 Å². The quantitative estimate of drug-likeness (QED) is 0.830. The van der Waals surface area contributed by atoms with Gasteiger partial charge in [-0.2, -0.15) is 0 Å². The number of benzene rings is 1. The lowest BCUT2D eigenvalue weighted by molar-refractivity contribution is -0.136. The molecule has 1 aliphatic carbocycles. The fraction of sp³-hybridized carbons (Fsp3) is 0.533. The third-order valence-corrected chi connectivity index (χ3v) is 3.65. The summed E-state index contributed by atoms with van der Waals surface area (Å²) in [6.07, 6.45) is 4.05. The lowest BCUT2D eigenvalue weighted by Gasteiger charge is -2.40. The lowest BCUT2D eigenvalue weighted by atomic mass is 9.90. The van der Waals surface area contributed by atoms with Crippen molar-refractivity contribution in [1.29, 1.82) is 0 Å². The van der Waals surface area contributed by atoms with Crippen molar-refractivity contribution in [3.05, 3.63) is 29.8 Å². The van der Waals surface area contributed by atoms with Gasteiger partial charge in [0.2, 0.25) is 5.91 Å². The van der Waals surface area contributed by atoms with Gasteiger partial charge < -0.3 is 10.6 Å². The Hall–Kier alpha value is -1.51. The van der Waals surface area contributed by atoms with Gasteiger partial charge >= 0.3 is 0 Å². The average Bonchev–Trinajstić information content (AvgIpc) is 2.25. The van der Waals surface area contributed by atoms with Crippen molar-refractivity contribution in [2.75, 3.05) is 5.73 Å². The molecule has 1 aromatic carbocycles. The number of nitrogens with zero attached hydrogens (tertiary/aromatic N) is 1. The number of hydrogen-bond acceptors (Lipinski definition) is 2. The molecule has 1 aliphatic rings. The van der Waals surface area contributed by atoms with E-state index in [4.69, 9.17) is 5.73 Å². The Morgan fingerprint density at radius 3 is 2.39 bits per heavy atom. The molecule has 0 radical (unpaired) electrons. The van der Waals surface area contributed by atoms with Crippen LogP contribution >= 0.6 is 0 Å². The number of hydrogen-bond donors (Lipinski definition) is 1. The number of amides is 1. The second kappa shape index (κ2) is 5.42. The minimum absolute atomic E-state index is 0.236. The van der Waals surface area contributed by atoms with Crippen LogP contribution in [0.3, 0.4) is 0 Å². The third-order valence-electron chi connectivity index (χ3n) is 3.65. The van der Waals surface area contributed by atoms with Crippen LogP contribution in [-0.4, -0.2) is 22.9 Å². The van der Waals surface area contributed by atoms with E-state index in [1.54, 1.807) is 0 Å². The van der Waals surface area contributed by atoms with E-state index in [9.17, 15) is 4.79 Å². The molecule has 98 valence electrons. The van der Waals surface area contributed by atoms with Crippen molar-refractivity contribution in [1.82, 2.24) is 4.90 Å². The standard InChI is InChI=1S/C15H22N2O/c1-11(2)17(14-4-3-5-14)15(18)10-12-6-8-13(16)9-7-12/h6-9,11,14H,3-5,10,16H2,1-2H3. The van der Waals surface area contributed by atoms with Crippen LogP contribution in [-0.2, 0) is 11.2 Å². The Morgan fingerprint density at radius 2 is 1.94 bits per heavy atom. The maximum Gasteiger partial charge on any atom is 0.227 e. The summed E-state index contributed by atoms with van der Waals surface area (Å²) in [5.74, 6) is 0.236. The summed E-state index contributed by atoms with van der Waals surface area (Å²) >= 11 is 0. The van der Waals surface area contributed by atoms with Crippen LogP contribution in [0.25, 0.3) is 0 Å². The summed E-state index contributed by atoms with van der Waals surface area (Å²) in [6, 6.07) is 8.33. The molecule has 1 saturated carbocycles. The Morgan fingerprint density at radius 1 is 1.33 bits per heavy atom. The Bertz CT molecular complexity index is 407. The van der Waals surface area contributed by atoms with E-state index in [0.29, 0.717) is 12.5 Å². The molecule has 2 rings (SSSR count). The summed E-state index contributed by atoms with van der Waals surface area (Å²) in [4.78, 5) is 14.4. The topological polar surface area (TPSA) is 46.3 Å². The van der Waals surface area contributed by atoms with Crippen LogP contribution in [0, 0.1) is 0 Å². The minimum Gasteiger partial charge on any atom is -0.399 e. The second-order valence-electron chi connectivity index (χ2n) is 5.40. The Balaban J connectivity index is 2.02. The molecule has 1 fully saturated rings. The molecular weight excluding hydrogens is 224 g/mol. The van der Waals surface area contributed by atoms with Crippen LogP contribution in [0.5, 0.6) is 0 Å². The molecule has 0 heterocycles. The molecule has 0 unspecified atom stereocenters. The molecule has 18 heavy (non-hydrogen) atoms. The molecule has 0 spiro atoms. The molecule has 0 aliphatic heterocycles. The normalized spacial score (nSPS) is 15.5. The molecule has 2 N–H and O–H groups in total. The van der Waals surface area contributed by atoms with Crippen molar-refractivity contribution >= 4 is 11.6 Å². The molecule has 3 nitrogen and oxygen atoms in total. The van der Waals surface area contributed by atoms with Crippen molar-refractivity contribution < 1.29 is 4.79 Å². The predicted molar refractivity (Wildman–Crippen MR) is 74.2 cm³/mol. The SMILES string of the molecule is CC(C)N(C(=O)Cc1ccc(N)cc1)C1CCC1. The molecule has 0 aromatic heterocycles. The van der Waals surface area contributed by atoms with Crippen molar-refractivity contribution in [2.24, 2.45) is 0 Å². The number of carbonyl (C=O) groups excluding carboxylic acids is 1. The van der Waals surface area contributed by atoms with Crippen molar-refractivity contribution in [3.8, 4) is 0 Å². The van der Waals surface area contributed by atoms with E-state index in [-0.39, 0.29) is 11.9 Å². The van der Waals surface area contributed by atoms with Crippen LogP contribution in [0.15, 0.2) is 24.3 Å². The predicted octanol–water partition coefficient (Wildman–Crippen LogP) is 2.60. The van der Waals surface area contributed by atoms with Gasteiger partial charge in [0, 0.05) is 17.8 Å². The first-order valence-corrected chi connectivity index (χ1v) is 6.73. The monoisotopic (exact) mass is 246 g/mol. The van der Waals surface area contributed by atoms with Gasteiger partial charge in [-0.1, -0.05) is 12.1 Å². The highest BCUT2D eigenvalue weighted by atomic mass is 16.2.